The minimum absolute atomic E-state index is 0.0972. The minimum atomic E-state index is -0.212. The fourth-order valence-corrected chi connectivity index (χ4v) is 2.92. The van der Waals surface area contributed by atoms with Crippen LogP contribution in [0.15, 0.2) is 24.3 Å². The zero-order valence-corrected chi connectivity index (χ0v) is 11.9. The maximum atomic E-state index is 12.1. The second-order valence-corrected chi connectivity index (χ2v) is 5.63. The number of nitrogens with one attached hydrogen (secondary N) is 1. The first-order valence-electron chi connectivity index (χ1n) is 7.31. The van der Waals surface area contributed by atoms with Crippen LogP contribution in [0.1, 0.15) is 31.2 Å². The van der Waals surface area contributed by atoms with E-state index in [1.807, 2.05) is 18.2 Å². The molecule has 1 aliphatic carbocycles. The fourth-order valence-electron chi connectivity index (χ4n) is 2.92. The average molecular weight is 288 g/mol. The van der Waals surface area contributed by atoms with Crippen LogP contribution >= 0.6 is 0 Å². The van der Waals surface area contributed by atoms with E-state index in [1.165, 1.54) is 0 Å². The van der Waals surface area contributed by atoms with E-state index in [0.717, 1.165) is 37.0 Å². The van der Waals surface area contributed by atoms with E-state index in [0.29, 0.717) is 12.3 Å². The zero-order chi connectivity index (χ0) is 14.7. The summed E-state index contributed by atoms with van der Waals surface area (Å²) in [5, 5.41) is 3.06. The van der Waals surface area contributed by atoms with Gasteiger partial charge in [-0.1, -0.05) is 18.9 Å². The van der Waals surface area contributed by atoms with Crippen molar-refractivity contribution < 1.29 is 14.3 Å². The van der Waals surface area contributed by atoms with Crippen LogP contribution in [0.4, 0.5) is 0 Å². The Hall–Kier alpha value is -2.01. The summed E-state index contributed by atoms with van der Waals surface area (Å²) < 4.78 is 10.6. The molecule has 112 valence electrons. The highest BCUT2D eigenvalue weighted by atomic mass is 16.7. The van der Waals surface area contributed by atoms with Gasteiger partial charge in [0.05, 0.1) is 5.54 Å². The number of rotatable bonds is 4. The van der Waals surface area contributed by atoms with Crippen molar-refractivity contribution >= 4 is 12.0 Å². The second-order valence-electron chi connectivity index (χ2n) is 5.63. The third-order valence-corrected chi connectivity index (χ3v) is 4.16. The van der Waals surface area contributed by atoms with Gasteiger partial charge in [-0.3, -0.25) is 4.79 Å². The summed E-state index contributed by atoms with van der Waals surface area (Å²) >= 11 is 0. The fraction of sp³-hybridized carbons (Fsp3) is 0.438. The summed E-state index contributed by atoms with van der Waals surface area (Å²) in [6.07, 6.45) is 7.51. The van der Waals surface area contributed by atoms with Crippen LogP contribution in [0.5, 0.6) is 11.5 Å². The lowest BCUT2D eigenvalue weighted by molar-refractivity contribution is -0.118. The number of hydrogen-bond donors (Lipinski definition) is 2. The second kappa shape index (κ2) is 5.77. The van der Waals surface area contributed by atoms with Crippen LogP contribution in [-0.4, -0.2) is 24.8 Å². The predicted octanol–water partition coefficient (Wildman–Crippen LogP) is 1.82. The molecule has 0 spiro atoms. The maximum Gasteiger partial charge on any atom is 0.244 e. The summed E-state index contributed by atoms with van der Waals surface area (Å²) in [5.74, 6) is 1.36. The molecular formula is C16H20N2O3. The van der Waals surface area contributed by atoms with E-state index in [2.05, 4.69) is 5.32 Å². The van der Waals surface area contributed by atoms with Gasteiger partial charge in [0.2, 0.25) is 12.7 Å². The van der Waals surface area contributed by atoms with E-state index in [4.69, 9.17) is 15.2 Å². The quantitative estimate of drug-likeness (QED) is 0.829. The van der Waals surface area contributed by atoms with E-state index in [-0.39, 0.29) is 18.2 Å². The number of ether oxygens (including phenoxy) is 2. The van der Waals surface area contributed by atoms with Gasteiger partial charge in [0.1, 0.15) is 0 Å². The molecule has 1 fully saturated rings. The topological polar surface area (TPSA) is 73.6 Å². The molecule has 3 rings (SSSR count). The monoisotopic (exact) mass is 288 g/mol. The van der Waals surface area contributed by atoms with Crippen LogP contribution in [0.2, 0.25) is 0 Å². The molecule has 1 amide bonds. The van der Waals surface area contributed by atoms with Gasteiger partial charge < -0.3 is 20.5 Å². The van der Waals surface area contributed by atoms with Crippen LogP contribution in [0, 0.1) is 0 Å². The van der Waals surface area contributed by atoms with Gasteiger partial charge in [0.15, 0.2) is 11.5 Å². The highest BCUT2D eigenvalue weighted by Crippen LogP contribution is 2.33. The summed E-state index contributed by atoms with van der Waals surface area (Å²) in [4.78, 5) is 12.1. The van der Waals surface area contributed by atoms with Gasteiger partial charge in [-0.15, -0.1) is 0 Å². The largest absolute Gasteiger partial charge is 0.454 e. The SMILES string of the molecule is NCC1(NC(=O)C=Cc2ccc3c(c2)OCO3)CCCC1. The molecule has 2 aliphatic rings. The number of carbonyl (C=O) groups excluding carboxylic acids is 1. The van der Waals surface area contributed by atoms with Crippen LogP contribution < -0.4 is 20.5 Å². The molecule has 5 nitrogen and oxygen atoms in total. The van der Waals surface area contributed by atoms with Crippen LogP contribution in [-0.2, 0) is 4.79 Å². The molecule has 0 unspecified atom stereocenters. The lowest BCUT2D eigenvalue weighted by Gasteiger charge is -2.27. The lowest BCUT2D eigenvalue weighted by Crippen LogP contribution is -2.51. The van der Waals surface area contributed by atoms with Gasteiger partial charge >= 0.3 is 0 Å². The molecule has 5 heteroatoms. The number of amides is 1. The van der Waals surface area contributed by atoms with Crippen molar-refractivity contribution in [2.45, 2.75) is 31.2 Å². The molecule has 1 heterocycles. The van der Waals surface area contributed by atoms with Crippen molar-refractivity contribution in [2.24, 2.45) is 5.73 Å². The number of carbonyl (C=O) groups is 1. The Balaban J connectivity index is 1.64. The molecule has 1 aromatic rings. The highest BCUT2D eigenvalue weighted by Gasteiger charge is 2.33. The summed E-state index contributed by atoms with van der Waals surface area (Å²) in [7, 11) is 0. The molecule has 1 saturated carbocycles. The van der Waals surface area contributed by atoms with Crippen LogP contribution in [0.3, 0.4) is 0 Å². The van der Waals surface area contributed by atoms with Gasteiger partial charge in [-0.2, -0.15) is 0 Å². The van der Waals surface area contributed by atoms with Gasteiger partial charge in [-0.05, 0) is 36.6 Å². The lowest BCUT2D eigenvalue weighted by atomic mass is 9.98. The molecule has 21 heavy (non-hydrogen) atoms. The first-order valence-corrected chi connectivity index (χ1v) is 7.31. The third kappa shape index (κ3) is 3.03. The Morgan fingerprint density at radius 1 is 1.29 bits per heavy atom. The van der Waals surface area contributed by atoms with E-state index < -0.39 is 0 Å². The van der Waals surface area contributed by atoms with Crippen molar-refractivity contribution in [2.75, 3.05) is 13.3 Å². The van der Waals surface area contributed by atoms with E-state index in [1.54, 1.807) is 12.2 Å². The van der Waals surface area contributed by atoms with Gasteiger partial charge in [0.25, 0.3) is 0 Å². The Bertz CT molecular complexity index is 563. The van der Waals surface area contributed by atoms with E-state index >= 15 is 0 Å². The molecule has 1 aliphatic heterocycles. The molecule has 0 bridgehead atoms. The van der Waals surface area contributed by atoms with Gasteiger partial charge in [0, 0.05) is 12.6 Å². The highest BCUT2D eigenvalue weighted by molar-refractivity contribution is 5.92. The number of fused-ring (bicyclic) bond motifs is 1. The third-order valence-electron chi connectivity index (χ3n) is 4.16. The normalized spacial score (nSPS) is 19.1. The standard InChI is InChI=1S/C16H20N2O3/c17-10-16(7-1-2-8-16)18-15(19)6-4-12-3-5-13-14(9-12)21-11-20-13/h3-6,9H,1-2,7-8,10-11,17H2,(H,18,19). The average Bonchev–Trinajstić information content (AvgIpc) is 3.14. The Kier molecular flexibility index (Phi) is 3.84. The minimum Gasteiger partial charge on any atom is -0.454 e. The van der Waals surface area contributed by atoms with Crippen molar-refractivity contribution in [3.63, 3.8) is 0 Å². The summed E-state index contributed by atoms with van der Waals surface area (Å²) in [6, 6.07) is 5.60. The van der Waals surface area contributed by atoms with E-state index in [9.17, 15) is 4.79 Å². The van der Waals surface area contributed by atoms with Crippen molar-refractivity contribution in [3.05, 3.63) is 29.8 Å². The van der Waals surface area contributed by atoms with Crippen LogP contribution in [0.25, 0.3) is 6.08 Å². The first kappa shape index (κ1) is 13.9. The number of benzene rings is 1. The molecule has 0 radical (unpaired) electrons. The zero-order valence-electron chi connectivity index (χ0n) is 11.9. The van der Waals surface area contributed by atoms with Crippen molar-refractivity contribution in [1.29, 1.82) is 0 Å². The predicted molar refractivity (Wildman–Crippen MR) is 80.0 cm³/mol. The molecule has 3 N–H and O–H groups in total. The number of nitrogens with two attached hydrogens (primary N) is 1. The molecule has 0 atom stereocenters. The Morgan fingerprint density at radius 3 is 2.81 bits per heavy atom. The Morgan fingerprint density at radius 2 is 2.05 bits per heavy atom. The molecule has 1 aromatic carbocycles. The molecular weight excluding hydrogens is 268 g/mol. The number of hydrogen-bond acceptors (Lipinski definition) is 4. The van der Waals surface area contributed by atoms with Gasteiger partial charge in [-0.25, -0.2) is 0 Å². The maximum absolute atomic E-state index is 12.1. The van der Waals surface area contributed by atoms with Crippen molar-refractivity contribution in [1.82, 2.24) is 5.32 Å². The molecule has 0 saturated heterocycles. The summed E-state index contributed by atoms with van der Waals surface area (Å²) in [6.45, 7) is 0.749. The smallest absolute Gasteiger partial charge is 0.244 e. The first-order chi connectivity index (χ1) is 10.2. The summed E-state index contributed by atoms with van der Waals surface area (Å²) in [5.41, 5.74) is 6.51. The molecule has 0 aromatic heterocycles. The Labute approximate surface area is 124 Å². The van der Waals surface area contributed by atoms with Crippen molar-refractivity contribution in [3.8, 4) is 11.5 Å².